The van der Waals surface area contributed by atoms with Crippen molar-refractivity contribution in [3.05, 3.63) is 48.0 Å². The summed E-state index contributed by atoms with van der Waals surface area (Å²) < 4.78 is 17.3. The summed E-state index contributed by atoms with van der Waals surface area (Å²) in [5.74, 6) is 1.88. The van der Waals surface area contributed by atoms with Crippen molar-refractivity contribution in [2.45, 2.75) is 38.2 Å². The zero-order valence-corrected chi connectivity index (χ0v) is 15.7. The molecule has 0 N–H and O–H groups in total. The van der Waals surface area contributed by atoms with Crippen LogP contribution in [0, 0.1) is 12.8 Å². The van der Waals surface area contributed by atoms with Crippen molar-refractivity contribution in [2.24, 2.45) is 5.92 Å². The van der Waals surface area contributed by atoms with E-state index in [1.54, 1.807) is 18.5 Å². The van der Waals surface area contributed by atoms with Crippen molar-refractivity contribution in [3.63, 3.8) is 0 Å². The van der Waals surface area contributed by atoms with Gasteiger partial charge in [-0.25, -0.2) is 4.98 Å². The minimum atomic E-state index is -0.115. The van der Waals surface area contributed by atoms with Crippen molar-refractivity contribution < 1.29 is 18.7 Å². The molecule has 0 bridgehead atoms. The van der Waals surface area contributed by atoms with E-state index in [0.29, 0.717) is 29.7 Å². The van der Waals surface area contributed by atoms with Gasteiger partial charge in [-0.15, -0.1) is 0 Å². The summed E-state index contributed by atoms with van der Waals surface area (Å²) in [6, 6.07) is 7.44. The van der Waals surface area contributed by atoms with Gasteiger partial charge in [-0.1, -0.05) is 6.07 Å². The van der Waals surface area contributed by atoms with E-state index in [-0.39, 0.29) is 11.5 Å². The van der Waals surface area contributed by atoms with Crippen molar-refractivity contribution in [3.8, 4) is 5.88 Å². The molecule has 0 aliphatic carbocycles. The highest BCUT2D eigenvalue weighted by Crippen LogP contribution is 2.42. The highest BCUT2D eigenvalue weighted by Gasteiger charge is 2.46. The normalized spacial score (nSPS) is 21.5. The Labute approximate surface area is 159 Å². The second-order valence-electron chi connectivity index (χ2n) is 7.39. The quantitative estimate of drug-likeness (QED) is 0.806. The lowest BCUT2D eigenvalue weighted by atomic mass is 9.78. The summed E-state index contributed by atoms with van der Waals surface area (Å²) in [4.78, 5) is 18.8. The van der Waals surface area contributed by atoms with Crippen LogP contribution >= 0.6 is 0 Å². The zero-order chi connectivity index (χ0) is 18.7. The largest absolute Gasteiger partial charge is 0.478 e. The third-order valence-electron chi connectivity index (χ3n) is 5.94. The number of hydrogen-bond donors (Lipinski definition) is 0. The maximum atomic E-state index is 12.7. The summed E-state index contributed by atoms with van der Waals surface area (Å²) in [5.41, 5.74) is 0.550. The Morgan fingerprint density at radius 2 is 2.19 bits per heavy atom. The monoisotopic (exact) mass is 370 g/mol. The molecule has 0 saturated carbocycles. The van der Waals surface area contributed by atoms with E-state index in [9.17, 15) is 4.79 Å². The lowest BCUT2D eigenvalue weighted by molar-refractivity contribution is -0.0649. The Morgan fingerprint density at radius 3 is 2.89 bits per heavy atom. The van der Waals surface area contributed by atoms with Crippen LogP contribution < -0.4 is 4.74 Å². The first kappa shape index (κ1) is 18.0. The number of piperidine rings is 1. The molecule has 144 valence electrons. The average molecular weight is 370 g/mol. The summed E-state index contributed by atoms with van der Waals surface area (Å²) >= 11 is 0. The average Bonchev–Trinajstić information content (AvgIpc) is 3.29. The number of likely N-dealkylation sites (tertiary alicyclic amines) is 1. The first-order chi connectivity index (χ1) is 13.2. The molecule has 6 heteroatoms. The third-order valence-corrected chi connectivity index (χ3v) is 5.94. The van der Waals surface area contributed by atoms with Crippen LogP contribution in [0.1, 0.15) is 41.8 Å². The smallest absolute Gasteiger partial charge is 0.257 e. The number of furan rings is 1. The molecule has 2 aromatic heterocycles. The van der Waals surface area contributed by atoms with Crippen molar-refractivity contribution >= 4 is 5.91 Å². The van der Waals surface area contributed by atoms with E-state index in [1.807, 2.05) is 30.0 Å². The zero-order valence-electron chi connectivity index (χ0n) is 15.7. The Hall–Kier alpha value is -2.34. The fourth-order valence-corrected chi connectivity index (χ4v) is 4.35. The van der Waals surface area contributed by atoms with Gasteiger partial charge in [-0.05, 0) is 50.7 Å². The minimum Gasteiger partial charge on any atom is -0.478 e. The van der Waals surface area contributed by atoms with Crippen LogP contribution in [-0.2, 0) is 4.74 Å². The number of carbonyl (C=O) groups is 1. The van der Waals surface area contributed by atoms with Gasteiger partial charge < -0.3 is 18.8 Å². The molecule has 2 aliphatic rings. The molecule has 0 radical (unpaired) electrons. The van der Waals surface area contributed by atoms with E-state index in [1.165, 1.54) is 0 Å². The topological polar surface area (TPSA) is 64.8 Å². The molecule has 2 saturated heterocycles. The number of aromatic nitrogens is 1. The number of hydrogen-bond acceptors (Lipinski definition) is 5. The molecule has 4 heterocycles. The van der Waals surface area contributed by atoms with E-state index >= 15 is 0 Å². The van der Waals surface area contributed by atoms with Gasteiger partial charge in [0.1, 0.15) is 5.76 Å². The van der Waals surface area contributed by atoms with Gasteiger partial charge in [-0.3, -0.25) is 4.79 Å². The maximum Gasteiger partial charge on any atom is 0.257 e. The molecule has 6 nitrogen and oxygen atoms in total. The maximum absolute atomic E-state index is 12.7. The van der Waals surface area contributed by atoms with Gasteiger partial charge in [0.2, 0.25) is 5.88 Å². The number of amides is 1. The van der Waals surface area contributed by atoms with Crippen LogP contribution in [0.2, 0.25) is 0 Å². The Kier molecular flexibility index (Phi) is 5.16. The van der Waals surface area contributed by atoms with Gasteiger partial charge in [0.15, 0.2) is 0 Å². The predicted octanol–water partition coefficient (Wildman–Crippen LogP) is 3.46. The molecule has 2 fully saturated rings. The summed E-state index contributed by atoms with van der Waals surface area (Å²) in [6.45, 7) is 4.71. The SMILES string of the molecule is Cc1occc1C(=O)N1CCC2(CC1)OCC[C@@H]2CCOc1ccccn1. The van der Waals surface area contributed by atoms with E-state index in [4.69, 9.17) is 13.9 Å². The van der Waals surface area contributed by atoms with Crippen LogP contribution in [0.25, 0.3) is 0 Å². The van der Waals surface area contributed by atoms with Gasteiger partial charge in [0.05, 0.1) is 24.0 Å². The first-order valence-electron chi connectivity index (χ1n) is 9.69. The number of pyridine rings is 1. The highest BCUT2D eigenvalue weighted by molar-refractivity contribution is 5.95. The third kappa shape index (κ3) is 3.72. The fraction of sp³-hybridized carbons (Fsp3) is 0.524. The Balaban J connectivity index is 1.32. The van der Waals surface area contributed by atoms with Crippen LogP contribution in [0.4, 0.5) is 0 Å². The molecule has 1 atom stereocenters. The fourth-order valence-electron chi connectivity index (χ4n) is 4.35. The van der Waals surface area contributed by atoms with Crippen molar-refractivity contribution in [2.75, 3.05) is 26.3 Å². The van der Waals surface area contributed by atoms with Crippen molar-refractivity contribution in [1.82, 2.24) is 9.88 Å². The van der Waals surface area contributed by atoms with E-state index in [0.717, 1.165) is 45.4 Å². The van der Waals surface area contributed by atoms with Gasteiger partial charge in [0.25, 0.3) is 5.91 Å². The van der Waals surface area contributed by atoms with Crippen LogP contribution in [-0.4, -0.2) is 47.7 Å². The van der Waals surface area contributed by atoms with Crippen LogP contribution in [0.15, 0.2) is 41.1 Å². The molecule has 2 aliphatic heterocycles. The molecular weight excluding hydrogens is 344 g/mol. The summed E-state index contributed by atoms with van der Waals surface area (Å²) in [7, 11) is 0. The number of aryl methyl sites for hydroxylation is 1. The number of carbonyl (C=O) groups excluding carboxylic acids is 1. The van der Waals surface area contributed by atoms with E-state index in [2.05, 4.69) is 4.98 Å². The van der Waals surface area contributed by atoms with Gasteiger partial charge in [0, 0.05) is 32.0 Å². The number of ether oxygens (including phenoxy) is 2. The molecule has 1 spiro atoms. The van der Waals surface area contributed by atoms with Crippen molar-refractivity contribution in [1.29, 1.82) is 0 Å². The standard InChI is InChI=1S/C21H26N2O4/c1-16-18(7-14-25-16)20(24)23-11-8-21(9-12-23)17(6-15-27-21)5-13-26-19-4-2-3-10-22-19/h2-4,7,10,14,17H,5-6,8-9,11-13,15H2,1H3/t17-/m0/s1. The summed E-state index contributed by atoms with van der Waals surface area (Å²) in [6.07, 6.45) is 7.08. The summed E-state index contributed by atoms with van der Waals surface area (Å²) in [5, 5.41) is 0. The predicted molar refractivity (Wildman–Crippen MR) is 99.7 cm³/mol. The molecule has 1 amide bonds. The molecular formula is C21H26N2O4. The molecule has 0 aromatic carbocycles. The van der Waals surface area contributed by atoms with Crippen LogP contribution in [0.3, 0.4) is 0 Å². The highest BCUT2D eigenvalue weighted by atomic mass is 16.5. The van der Waals surface area contributed by atoms with Gasteiger partial charge >= 0.3 is 0 Å². The lowest BCUT2D eigenvalue weighted by Crippen LogP contribution is -2.49. The first-order valence-corrected chi connectivity index (χ1v) is 9.69. The molecule has 27 heavy (non-hydrogen) atoms. The Morgan fingerprint density at radius 1 is 1.33 bits per heavy atom. The van der Waals surface area contributed by atoms with Gasteiger partial charge in [-0.2, -0.15) is 0 Å². The minimum absolute atomic E-state index is 0.0594. The molecule has 0 unspecified atom stereocenters. The number of nitrogens with zero attached hydrogens (tertiary/aromatic N) is 2. The van der Waals surface area contributed by atoms with Crippen LogP contribution in [0.5, 0.6) is 5.88 Å². The molecule has 4 rings (SSSR count). The Bertz CT molecular complexity index is 765. The lowest BCUT2D eigenvalue weighted by Gasteiger charge is -2.42. The molecule has 2 aromatic rings. The number of rotatable bonds is 5. The second kappa shape index (κ2) is 7.72. The second-order valence-corrected chi connectivity index (χ2v) is 7.39. The van der Waals surface area contributed by atoms with E-state index < -0.39 is 0 Å².